The second kappa shape index (κ2) is 5.37. The van der Waals surface area contributed by atoms with Crippen LogP contribution in [0.3, 0.4) is 0 Å². The monoisotopic (exact) mass is 229 g/mol. The number of hydrogen-bond acceptors (Lipinski definition) is 3. The van der Waals surface area contributed by atoms with Gasteiger partial charge in [0.15, 0.2) is 0 Å². The summed E-state index contributed by atoms with van der Waals surface area (Å²) < 4.78 is 0. The van der Waals surface area contributed by atoms with Crippen molar-refractivity contribution >= 4 is 5.69 Å². The largest absolute Gasteiger partial charge is 0.508 e. The molecule has 0 fully saturated rings. The molecular formula is C14H15NO2. The molecule has 0 amide bonds. The van der Waals surface area contributed by atoms with Crippen LogP contribution in [0.1, 0.15) is 5.56 Å². The molecule has 2 aromatic rings. The zero-order valence-corrected chi connectivity index (χ0v) is 9.45. The number of rotatable bonds is 4. The van der Waals surface area contributed by atoms with E-state index >= 15 is 0 Å². The minimum Gasteiger partial charge on any atom is -0.508 e. The fraction of sp³-hybridized carbons (Fsp3) is 0.143. The summed E-state index contributed by atoms with van der Waals surface area (Å²) in [7, 11) is 0. The predicted molar refractivity (Wildman–Crippen MR) is 67.4 cm³/mol. The summed E-state index contributed by atoms with van der Waals surface area (Å²) in [5, 5.41) is 20.2. The summed E-state index contributed by atoms with van der Waals surface area (Å²) in [6.45, 7) is 0.523. The van der Waals surface area contributed by atoms with Gasteiger partial charge in [-0.25, -0.2) is 0 Å². The Morgan fingerprint density at radius 3 is 2.18 bits per heavy atom. The predicted octanol–water partition coefficient (Wildman–Crippen LogP) is 2.83. The summed E-state index contributed by atoms with van der Waals surface area (Å²) in [5.41, 5.74) is 1.86. The van der Waals surface area contributed by atoms with Gasteiger partial charge < -0.3 is 5.11 Å². The number of benzene rings is 2. The van der Waals surface area contributed by atoms with Crippen LogP contribution in [-0.2, 0) is 6.42 Å². The molecule has 0 aromatic heterocycles. The van der Waals surface area contributed by atoms with Gasteiger partial charge in [-0.05, 0) is 36.2 Å². The van der Waals surface area contributed by atoms with E-state index in [0.717, 1.165) is 17.7 Å². The van der Waals surface area contributed by atoms with Crippen LogP contribution in [0, 0.1) is 0 Å². The summed E-state index contributed by atoms with van der Waals surface area (Å²) in [6.07, 6.45) is 0.728. The van der Waals surface area contributed by atoms with Gasteiger partial charge in [0.25, 0.3) is 0 Å². The summed E-state index contributed by atoms with van der Waals surface area (Å²) in [5.74, 6) is 0.262. The van der Waals surface area contributed by atoms with E-state index in [1.54, 1.807) is 12.1 Å². The standard InChI is InChI=1S/C14H15NO2/c16-14-8-6-12(7-9-14)10-11-15(17)13-4-2-1-3-5-13/h1-9,16-17H,10-11H2. The van der Waals surface area contributed by atoms with Crippen molar-refractivity contribution < 1.29 is 10.3 Å². The van der Waals surface area contributed by atoms with Crippen LogP contribution in [0.4, 0.5) is 5.69 Å². The Balaban J connectivity index is 1.92. The molecule has 0 saturated heterocycles. The number of phenolic OH excluding ortho intramolecular Hbond substituents is 1. The third kappa shape index (κ3) is 3.23. The third-order valence-corrected chi connectivity index (χ3v) is 2.60. The zero-order chi connectivity index (χ0) is 12.1. The first-order valence-corrected chi connectivity index (χ1v) is 5.55. The smallest absolute Gasteiger partial charge is 0.115 e. The Labute approximate surface area is 101 Å². The molecule has 0 heterocycles. The van der Waals surface area contributed by atoms with Gasteiger partial charge in [-0.1, -0.05) is 30.3 Å². The average molecular weight is 229 g/mol. The minimum absolute atomic E-state index is 0.262. The van der Waals surface area contributed by atoms with Crippen molar-refractivity contribution in [2.45, 2.75) is 6.42 Å². The highest BCUT2D eigenvalue weighted by atomic mass is 16.5. The number of hydrogen-bond donors (Lipinski definition) is 2. The summed E-state index contributed by atoms with van der Waals surface area (Å²) >= 11 is 0. The maximum absolute atomic E-state index is 9.82. The molecule has 0 radical (unpaired) electrons. The van der Waals surface area contributed by atoms with Crippen molar-refractivity contribution in [3.8, 4) is 5.75 Å². The molecule has 17 heavy (non-hydrogen) atoms. The molecule has 2 N–H and O–H groups in total. The van der Waals surface area contributed by atoms with Crippen LogP contribution in [0.15, 0.2) is 54.6 Å². The first kappa shape index (κ1) is 11.5. The van der Waals surface area contributed by atoms with E-state index in [2.05, 4.69) is 0 Å². The lowest BCUT2D eigenvalue weighted by atomic mass is 10.1. The van der Waals surface area contributed by atoms with Gasteiger partial charge in [-0.15, -0.1) is 0 Å². The lowest BCUT2D eigenvalue weighted by Gasteiger charge is -2.16. The molecule has 0 aliphatic heterocycles. The molecule has 0 aliphatic rings. The molecular weight excluding hydrogens is 214 g/mol. The van der Waals surface area contributed by atoms with Gasteiger partial charge in [0, 0.05) is 6.54 Å². The van der Waals surface area contributed by atoms with Crippen molar-refractivity contribution in [3.05, 3.63) is 60.2 Å². The molecule has 2 aromatic carbocycles. The maximum Gasteiger partial charge on any atom is 0.115 e. The normalized spacial score (nSPS) is 10.2. The quantitative estimate of drug-likeness (QED) is 0.792. The van der Waals surface area contributed by atoms with Crippen molar-refractivity contribution in [3.63, 3.8) is 0 Å². The Bertz CT molecular complexity index is 453. The van der Waals surface area contributed by atoms with Crippen molar-refractivity contribution in [2.24, 2.45) is 0 Å². The molecule has 0 unspecified atom stereocenters. The van der Waals surface area contributed by atoms with Crippen LogP contribution >= 0.6 is 0 Å². The van der Waals surface area contributed by atoms with Gasteiger partial charge in [0.05, 0.1) is 5.69 Å². The lowest BCUT2D eigenvalue weighted by Crippen LogP contribution is -2.20. The number of nitrogens with zero attached hydrogens (tertiary/aromatic N) is 1. The van der Waals surface area contributed by atoms with E-state index in [1.165, 1.54) is 5.06 Å². The van der Waals surface area contributed by atoms with Crippen molar-refractivity contribution in [2.75, 3.05) is 11.6 Å². The van der Waals surface area contributed by atoms with E-state index in [0.29, 0.717) is 6.54 Å². The number of hydroxylamine groups is 1. The fourth-order valence-corrected chi connectivity index (χ4v) is 1.63. The number of aromatic hydroxyl groups is 1. The highest BCUT2D eigenvalue weighted by Gasteiger charge is 2.02. The maximum atomic E-state index is 9.82. The van der Waals surface area contributed by atoms with Gasteiger partial charge in [-0.3, -0.25) is 10.3 Å². The highest BCUT2D eigenvalue weighted by molar-refractivity contribution is 5.43. The molecule has 2 rings (SSSR count). The highest BCUT2D eigenvalue weighted by Crippen LogP contribution is 2.13. The second-order valence-corrected chi connectivity index (χ2v) is 3.88. The molecule has 0 bridgehead atoms. The number of anilines is 1. The lowest BCUT2D eigenvalue weighted by molar-refractivity contribution is 0.255. The average Bonchev–Trinajstić information content (AvgIpc) is 2.39. The van der Waals surface area contributed by atoms with Gasteiger partial charge in [0.1, 0.15) is 5.75 Å². The van der Waals surface area contributed by atoms with E-state index in [-0.39, 0.29) is 5.75 Å². The van der Waals surface area contributed by atoms with Crippen LogP contribution < -0.4 is 5.06 Å². The Morgan fingerprint density at radius 1 is 0.882 bits per heavy atom. The zero-order valence-electron chi connectivity index (χ0n) is 9.45. The molecule has 0 spiro atoms. The molecule has 0 saturated carbocycles. The van der Waals surface area contributed by atoms with Gasteiger partial charge in [0.2, 0.25) is 0 Å². The second-order valence-electron chi connectivity index (χ2n) is 3.88. The first-order valence-electron chi connectivity index (χ1n) is 5.55. The molecule has 0 aliphatic carbocycles. The number of phenols is 1. The van der Waals surface area contributed by atoms with Crippen LogP contribution in [0.2, 0.25) is 0 Å². The molecule has 0 atom stereocenters. The van der Waals surface area contributed by atoms with E-state index in [9.17, 15) is 5.21 Å². The Morgan fingerprint density at radius 2 is 1.53 bits per heavy atom. The SMILES string of the molecule is Oc1ccc(CCN(O)c2ccccc2)cc1. The summed E-state index contributed by atoms with van der Waals surface area (Å²) in [4.78, 5) is 0. The van der Waals surface area contributed by atoms with Gasteiger partial charge in [-0.2, -0.15) is 0 Å². The van der Waals surface area contributed by atoms with Crippen molar-refractivity contribution in [1.82, 2.24) is 0 Å². The molecule has 88 valence electrons. The van der Waals surface area contributed by atoms with Crippen LogP contribution in [0.25, 0.3) is 0 Å². The third-order valence-electron chi connectivity index (χ3n) is 2.60. The first-order chi connectivity index (χ1) is 8.25. The molecule has 3 heteroatoms. The van der Waals surface area contributed by atoms with Gasteiger partial charge >= 0.3 is 0 Å². The summed E-state index contributed by atoms with van der Waals surface area (Å²) in [6, 6.07) is 16.4. The molecule has 3 nitrogen and oxygen atoms in total. The Kier molecular flexibility index (Phi) is 3.62. The van der Waals surface area contributed by atoms with Crippen LogP contribution in [-0.4, -0.2) is 16.9 Å². The Hall–Kier alpha value is -2.00. The van der Waals surface area contributed by atoms with E-state index in [4.69, 9.17) is 5.11 Å². The topological polar surface area (TPSA) is 43.7 Å². The number of para-hydroxylation sites is 1. The van der Waals surface area contributed by atoms with E-state index in [1.807, 2.05) is 42.5 Å². The van der Waals surface area contributed by atoms with Crippen molar-refractivity contribution in [1.29, 1.82) is 0 Å². The van der Waals surface area contributed by atoms with E-state index < -0.39 is 0 Å². The fourth-order valence-electron chi connectivity index (χ4n) is 1.63. The van der Waals surface area contributed by atoms with Crippen LogP contribution in [0.5, 0.6) is 5.75 Å². The minimum atomic E-state index is 0.262.